The molecule has 0 saturated carbocycles. The average molecular weight is 248 g/mol. The Balaban J connectivity index is 2.64. The topological polar surface area (TPSA) is 35.2 Å². The van der Waals surface area contributed by atoms with Gasteiger partial charge in [0.25, 0.3) is 0 Å². The van der Waals surface area contributed by atoms with Crippen LogP contribution in [0.5, 0.6) is 0 Å². The average Bonchev–Trinajstić information content (AvgIpc) is 2.22. The van der Waals surface area contributed by atoms with Crippen molar-refractivity contribution in [1.29, 1.82) is 0 Å². The van der Waals surface area contributed by atoms with E-state index in [0.717, 1.165) is 12.0 Å². The number of halogens is 2. The maximum atomic E-state index is 6.02. The van der Waals surface area contributed by atoms with Crippen molar-refractivity contribution < 1.29 is 4.74 Å². The fourth-order valence-corrected chi connectivity index (χ4v) is 1.75. The fourth-order valence-electron chi connectivity index (χ4n) is 1.31. The van der Waals surface area contributed by atoms with Crippen LogP contribution in [0.15, 0.2) is 18.2 Å². The first-order valence-corrected chi connectivity index (χ1v) is 5.69. The molecule has 0 aliphatic carbocycles. The molecule has 0 aliphatic heterocycles. The first-order valence-electron chi connectivity index (χ1n) is 4.93. The van der Waals surface area contributed by atoms with Crippen LogP contribution in [-0.2, 0) is 4.74 Å². The van der Waals surface area contributed by atoms with Gasteiger partial charge < -0.3 is 10.5 Å². The van der Waals surface area contributed by atoms with E-state index in [1.807, 2.05) is 6.92 Å². The summed E-state index contributed by atoms with van der Waals surface area (Å²) in [5.41, 5.74) is 6.86. The molecular formula is C11H15Cl2NO. The third-order valence-electron chi connectivity index (χ3n) is 2.13. The van der Waals surface area contributed by atoms with E-state index >= 15 is 0 Å². The Labute approximate surface area is 100 Å². The van der Waals surface area contributed by atoms with Gasteiger partial charge in [0, 0.05) is 29.3 Å². The first-order chi connectivity index (χ1) is 7.15. The quantitative estimate of drug-likeness (QED) is 0.810. The largest absolute Gasteiger partial charge is 0.382 e. The summed E-state index contributed by atoms with van der Waals surface area (Å²) in [5, 5.41) is 1.31. The highest BCUT2D eigenvalue weighted by molar-refractivity contribution is 6.33. The van der Waals surface area contributed by atoms with Gasteiger partial charge in [0.1, 0.15) is 0 Å². The smallest absolute Gasteiger partial charge is 0.0483 e. The third kappa shape index (κ3) is 3.99. The maximum Gasteiger partial charge on any atom is 0.0483 e. The van der Waals surface area contributed by atoms with Gasteiger partial charge in [-0.25, -0.2) is 0 Å². The lowest BCUT2D eigenvalue weighted by Crippen LogP contribution is -2.13. The van der Waals surface area contributed by atoms with Crippen LogP contribution >= 0.6 is 23.2 Å². The van der Waals surface area contributed by atoms with Crippen LogP contribution in [0, 0.1) is 0 Å². The van der Waals surface area contributed by atoms with Gasteiger partial charge in [-0.15, -0.1) is 0 Å². The Hall–Kier alpha value is -0.280. The Bertz CT molecular complexity index is 317. The van der Waals surface area contributed by atoms with Crippen LogP contribution in [-0.4, -0.2) is 13.2 Å². The number of hydrogen-bond acceptors (Lipinski definition) is 2. The lowest BCUT2D eigenvalue weighted by atomic mass is 10.1. The molecular weight excluding hydrogens is 233 g/mol. The molecule has 0 bridgehead atoms. The zero-order chi connectivity index (χ0) is 11.3. The molecule has 1 aromatic carbocycles. The Kier molecular flexibility index (Phi) is 5.40. The SMILES string of the molecule is CCOCCC(N)c1cc(Cl)ccc1Cl. The molecule has 0 heterocycles. The highest BCUT2D eigenvalue weighted by Gasteiger charge is 2.10. The molecule has 1 unspecified atom stereocenters. The molecule has 0 amide bonds. The molecule has 2 N–H and O–H groups in total. The van der Waals surface area contributed by atoms with Crippen LogP contribution in [0.25, 0.3) is 0 Å². The molecule has 4 heteroatoms. The summed E-state index contributed by atoms with van der Waals surface area (Å²) in [6, 6.07) is 5.20. The van der Waals surface area contributed by atoms with Crippen molar-refractivity contribution in [3.05, 3.63) is 33.8 Å². The Morgan fingerprint density at radius 1 is 1.40 bits per heavy atom. The van der Waals surface area contributed by atoms with Crippen LogP contribution in [0.1, 0.15) is 24.9 Å². The van der Waals surface area contributed by atoms with E-state index in [1.54, 1.807) is 18.2 Å². The number of nitrogens with two attached hydrogens (primary N) is 1. The van der Waals surface area contributed by atoms with E-state index in [-0.39, 0.29) is 6.04 Å². The van der Waals surface area contributed by atoms with Crippen molar-refractivity contribution in [3.8, 4) is 0 Å². The van der Waals surface area contributed by atoms with Gasteiger partial charge in [-0.3, -0.25) is 0 Å². The van der Waals surface area contributed by atoms with Gasteiger partial charge in [0.05, 0.1) is 0 Å². The first kappa shape index (κ1) is 12.8. The van der Waals surface area contributed by atoms with E-state index in [4.69, 9.17) is 33.7 Å². The van der Waals surface area contributed by atoms with Crippen LogP contribution in [0.4, 0.5) is 0 Å². The summed E-state index contributed by atoms with van der Waals surface area (Å²) >= 11 is 11.9. The second-order valence-electron chi connectivity index (χ2n) is 3.26. The summed E-state index contributed by atoms with van der Waals surface area (Å²) < 4.78 is 5.24. The van der Waals surface area contributed by atoms with Crippen molar-refractivity contribution in [2.75, 3.05) is 13.2 Å². The predicted octanol–water partition coefficient (Wildman–Crippen LogP) is 3.42. The molecule has 2 nitrogen and oxygen atoms in total. The summed E-state index contributed by atoms with van der Waals surface area (Å²) in [6.07, 6.45) is 0.744. The number of hydrogen-bond donors (Lipinski definition) is 1. The number of rotatable bonds is 5. The molecule has 0 fully saturated rings. The molecule has 0 spiro atoms. The van der Waals surface area contributed by atoms with Crippen LogP contribution < -0.4 is 5.73 Å². The highest BCUT2D eigenvalue weighted by atomic mass is 35.5. The van der Waals surface area contributed by atoms with E-state index in [9.17, 15) is 0 Å². The lowest BCUT2D eigenvalue weighted by Gasteiger charge is -2.13. The lowest BCUT2D eigenvalue weighted by molar-refractivity contribution is 0.140. The van der Waals surface area contributed by atoms with Crippen molar-refractivity contribution in [2.45, 2.75) is 19.4 Å². The maximum absolute atomic E-state index is 6.02. The van der Waals surface area contributed by atoms with E-state index in [2.05, 4.69) is 0 Å². The molecule has 1 rings (SSSR count). The van der Waals surface area contributed by atoms with Gasteiger partial charge >= 0.3 is 0 Å². The van der Waals surface area contributed by atoms with E-state index in [1.165, 1.54) is 0 Å². The molecule has 0 saturated heterocycles. The minimum atomic E-state index is -0.122. The minimum absolute atomic E-state index is 0.122. The summed E-state index contributed by atoms with van der Waals surface area (Å²) in [6.45, 7) is 3.30. The second kappa shape index (κ2) is 6.33. The van der Waals surface area contributed by atoms with Crippen molar-refractivity contribution >= 4 is 23.2 Å². The standard InChI is InChI=1S/C11H15Cl2NO/c1-2-15-6-5-11(14)9-7-8(12)3-4-10(9)13/h3-4,7,11H,2,5-6,14H2,1H3. The van der Waals surface area contributed by atoms with Crippen LogP contribution in [0.3, 0.4) is 0 Å². The van der Waals surface area contributed by atoms with E-state index in [0.29, 0.717) is 23.3 Å². The highest BCUT2D eigenvalue weighted by Crippen LogP contribution is 2.26. The third-order valence-corrected chi connectivity index (χ3v) is 2.71. The predicted molar refractivity (Wildman–Crippen MR) is 64.5 cm³/mol. The second-order valence-corrected chi connectivity index (χ2v) is 4.10. The Morgan fingerprint density at radius 2 is 2.13 bits per heavy atom. The number of ether oxygens (including phenoxy) is 1. The zero-order valence-electron chi connectivity index (χ0n) is 8.67. The molecule has 1 atom stereocenters. The van der Waals surface area contributed by atoms with Crippen LogP contribution in [0.2, 0.25) is 10.0 Å². The Morgan fingerprint density at radius 3 is 2.80 bits per heavy atom. The van der Waals surface area contributed by atoms with Gasteiger partial charge in [-0.2, -0.15) is 0 Å². The van der Waals surface area contributed by atoms with E-state index < -0.39 is 0 Å². The molecule has 0 aromatic heterocycles. The fraction of sp³-hybridized carbons (Fsp3) is 0.455. The monoisotopic (exact) mass is 247 g/mol. The molecule has 0 radical (unpaired) electrons. The van der Waals surface area contributed by atoms with Crippen molar-refractivity contribution in [2.24, 2.45) is 5.73 Å². The van der Waals surface area contributed by atoms with Gasteiger partial charge in [0.2, 0.25) is 0 Å². The van der Waals surface area contributed by atoms with Gasteiger partial charge in [-0.1, -0.05) is 23.2 Å². The molecule has 1 aromatic rings. The normalized spacial score (nSPS) is 12.8. The van der Waals surface area contributed by atoms with Gasteiger partial charge in [-0.05, 0) is 37.1 Å². The molecule has 84 valence electrons. The molecule has 0 aliphatic rings. The van der Waals surface area contributed by atoms with Crippen molar-refractivity contribution in [1.82, 2.24) is 0 Å². The number of benzene rings is 1. The summed E-state index contributed by atoms with van der Waals surface area (Å²) in [7, 11) is 0. The summed E-state index contributed by atoms with van der Waals surface area (Å²) in [4.78, 5) is 0. The zero-order valence-corrected chi connectivity index (χ0v) is 10.2. The van der Waals surface area contributed by atoms with Gasteiger partial charge in [0.15, 0.2) is 0 Å². The summed E-state index contributed by atoms with van der Waals surface area (Å²) in [5.74, 6) is 0. The van der Waals surface area contributed by atoms with Crippen molar-refractivity contribution in [3.63, 3.8) is 0 Å². The molecule has 15 heavy (non-hydrogen) atoms. The minimum Gasteiger partial charge on any atom is -0.382 e.